The van der Waals surface area contributed by atoms with Crippen LogP contribution in [0, 0.1) is 6.92 Å². The Labute approximate surface area is 134 Å². The first-order valence-electron chi connectivity index (χ1n) is 6.87. The van der Waals surface area contributed by atoms with Crippen molar-refractivity contribution >= 4 is 21.9 Å². The van der Waals surface area contributed by atoms with Gasteiger partial charge in [-0.3, -0.25) is 14.8 Å². The van der Waals surface area contributed by atoms with Crippen molar-refractivity contribution in [2.24, 2.45) is 0 Å². The number of sulfonamides is 1. The minimum absolute atomic E-state index is 0.0969. The zero-order valence-corrected chi connectivity index (χ0v) is 13.9. The molecule has 0 spiro atoms. The number of carbonyl (C=O) groups is 2. The largest absolute Gasteiger partial charge is 0.481 e. The summed E-state index contributed by atoms with van der Waals surface area (Å²) >= 11 is 0. The maximum Gasteiger partial charge on any atom is 0.305 e. The van der Waals surface area contributed by atoms with E-state index < -0.39 is 40.4 Å². The van der Waals surface area contributed by atoms with Gasteiger partial charge in [0.05, 0.1) is 17.4 Å². The third kappa shape index (κ3) is 5.31. The smallest absolute Gasteiger partial charge is 0.305 e. The molecule has 1 unspecified atom stereocenters. The van der Waals surface area contributed by atoms with Gasteiger partial charge in [-0.15, -0.1) is 0 Å². The zero-order valence-electron chi connectivity index (χ0n) is 13.1. The van der Waals surface area contributed by atoms with Gasteiger partial charge >= 0.3 is 5.97 Å². The number of benzene rings is 1. The van der Waals surface area contributed by atoms with Crippen LogP contribution >= 0.6 is 0 Å². The normalized spacial score (nSPS) is 12.9. The highest BCUT2D eigenvalue weighted by molar-refractivity contribution is 7.89. The van der Waals surface area contributed by atoms with Crippen LogP contribution in [-0.4, -0.2) is 47.8 Å². The molecule has 0 heterocycles. The first-order chi connectivity index (χ1) is 10.5. The Morgan fingerprint density at radius 1 is 1.22 bits per heavy atom. The van der Waals surface area contributed by atoms with Gasteiger partial charge in [-0.05, 0) is 32.9 Å². The number of aryl methyl sites for hydroxylation is 1. The lowest BCUT2D eigenvalue weighted by molar-refractivity contribution is -0.175. The molecule has 0 fully saturated rings. The number of hydroxylamine groups is 2. The first-order valence-corrected chi connectivity index (χ1v) is 8.35. The molecule has 9 heteroatoms. The summed E-state index contributed by atoms with van der Waals surface area (Å²) < 4.78 is 26.6. The molecule has 1 rings (SSSR count). The van der Waals surface area contributed by atoms with E-state index in [9.17, 15) is 23.2 Å². The molecule has 1 aromatic carbocycles. The lowest BCUT2D eigenvalue weighted by Crippen LogP contribution is -2.50. The van der Waals surface area contributed by atoms with Gasteiger partial charge in [-0.2, -0.15) is 4.72 Å². The van der Waals surface area contributed by atoms with Crippen LogP contribution in [0.15, 0.2) is 29.2 Å². The molecule has 0 aliphatic carbocycles. The van der Waals surface area contributed by atoms with Crippen molar-refractivity contribution in [1.82, 2.24) is 9.79 Å². The van der Waals surface area contributed by atoms with Gasteiger partial charge in [0.25, 0.3) is 5.91 Å². The highest BCUT2D eigenvalue weighted by atomic mass is 32.2. The van der Waals surface area contributed by atoms with Crippen molar-refractivity contribution < 1.29 is 28.3 Å². The molecule has 1 atom stereocenters. The second kappa shape index (κ2) is 7.53. The molecule has 0 saturated heterocycles. The number of aliphatic carboxylic acids is 1. The fourth-order valence-electron chi connectivity index (χ4n) is 1.74. The topological polar surface area (TPSA) is 124 Å². The zero-order chi connectivity index (χ0) is 17.8. The van der Waals surface area contributed by atoms with Crippen LogP contribution in [0.2, 0.25) is 0 Å². The van der Waals surface area contributed by atoms with Crippen LogP contribution in [0.25, 0.3) is 0 Å². The number of carbonyl (C=O) groups excluding carboxylic acids is 1. The molecular formula is C14H20N2O6S. The van der Waals surface area contributed by atoms with E-state index in [1.807, 2.05) is 4.72 Å². The van der Waals surface area contributed by atoms with Gasteiger partial charge in [0.2, 0.25) is 10.0 Å². The van der Waals surface area contributed by atoms with Gasteiger partial charge in [0, 0.05) is 0 Å². The summed E-state index contributed by atoms with van der Waals surface area (Å²) in [5.41, 5.74) is 0.850. The SMILES string of the molecule is Cc1ccc(S(=O)(=O)NC(CC(=O)O)C(=O)N(O)C(C)C)cc1. The van der Waals surface area contributed by atoms with Crippen LogP contribution in [0.4, 0.5) is 0 Å². The number of carboxylic acids is 1. The van der Waals surface area contributed by atoms with Crippen molar-refractivity contribution in [3.05, 3.63) is 29.8 Å². The Hall–Kier alpha value is -1.97. The quantitative estimate of drug-likeness (QED) is 0.495. The van der Waals surface area contributed by atoms with E-state index in [1.165, 1.54) is 26.0 Å². The van der Waals surface area contributed by atoms with Gasteiger partial charge in [0.1, 0.15) is 6.04 Å². The number of amides is 1. The highest BCUT2D eigenvalue weighted by Gasteiger charge is 2.31. The summed E-state index contributed by atoms with van der Waals surface area (Å²) in [4.78, 5) is 22.9. The summed E-state index contributed by atoms with van der Waals surface area (Å²) in [6.07, 6.45) is -0.784. The Morgan fingerprint density at radius 2 is 1.74 bits per heavy atom. The standard InChI is InChI=1S/C14H20N2O6S/c1-9(2)16(20)14(19)12(8-13(17)18)15-23(21,22)11-6-4-10(3)5-7-11/h4-7,9,12,15,20H,8H2,1-3H3,(H,17,18). The minimum atomic E-state index is -4.10. The molecule has 0 aliphatic heterocycles. The van der Waals surface area contributed by atoms with E-state index in [-0.39, 0.29) is 4.90 Å². The molecular weight excluding hydrogens is 324 g/mol. The van der Waals surface area contributed by atoms with Crippen LogP contribution in [0.5, 0.6) is 0 Å². The average molecular weight is 344 g/mol. The summed E-state index contributed by atoms with van der Waals surface area (Å²) in [5, 5.41) is 18.8. The summed E-state index contributed by atoms with van der Waals surface area (Å²) in [6.45, 7) is 4.79. The number of nitrogens with zero attached hydrogens (tertiary/aromatic N) is 1. The van der Waals surface area contributed by atoms with E-state index in [2.05, 4.69) is 0 Å². The number of carboxylic acid groups (broad SMARTS) is 1. The van der Waals surface area contributed by atoms with Crippen LogP contribution < -0.4 is 4.72 Å². The Bertz CT molecular complexity index is 669. The molecule has 0 aliphatic rings. The Balaban J connectivity index is 3.07. The van der Waals surface area contributed by atoms with Gasteiger partial charge in [-0.1, -0.05) is 17.7 Å². The maximum atomic E-state index is 12.3. The van der Waals surface area contributed by atoms with Crippen LogP contribution in [0.3, 0.4) is 0 Å². The first kappa shape index (κ1) is 19.1. The summed E-state index contributed by atoms with van der Waals surface area (Å²) in [5.74, 6) is -2.40. The predicted molar refractivity (Wildman–Crippen MR) is 81.3 cm³/mol. The van der Waals surface area contributed by atoms with Crippen LogP contribution in [0.1, 0.15) is 25.8 Å². The lowest BCUT2D eigenvalue weighted by atomic mass is 10.2. The summed E-state index contributed by atoms with van der Waals surface area (Å²) in [7, 11) is -4.10. The third-order valence-corrected chi connectivity index (χ3v) is 4.51. The molecule has 1 amide bonds. The van der Waals surface area contributed by atoms with E-state index in [1.54, 1.807) is 19.1 Å². The van der Waals surface area contributed by atoms with E-state index >= 15 is 0 Å². The Morgan fingerprint density at radius 3 is 2.17 bits per heavy atom. The molecule has 128 valence electrons. The fraction of sp³-hybridized carbons (Fsp3) is 0.429. The molecule has 0 aromatic heterocycles. The molecule has 8 nitrogen and oxygen atoms in total. The fourth-order valence-corrected chi connectivity index (χ4v) is 2.93. The molecule has 0 bridgehead atoms. The predicted octanol–water partition coefficient (Wildman–Crippen LogP) is 0.743. The average Bonchev–Trinajstić information content (AvgIpc) is 2.44. The monoisotopic (exact) mass is 344 g/mol. The second-order valence-electron chi connectivity index (χ2n) is 5.36. The minimum Gasteiger partial charge on any atom is -0.481 e. The third-order valence-electron chi connectivity index (χ3n) is 3.02. The van der Waals surface area contributed by atoms with E-state index in [4.69, 9.17) is 5.11 Å². The second-order valence-corrected chi connectivity index (χ2v) is 7.08. The van der Waals surface area contributed by atoms with Crippen molar-refractivity contribution in [3.63, 3.8) is 0 Å². The Kier molecular flexibility index (Phi) is 6.25. The molecule has 1 aromatic rings. The molecule has 23 heavy (non-hydrogen) atoms. The highest BCUT2D eigenvalue weighted by Crippen LogP contribution is 2.12. The van der Waals surface area contributed by atoms with Gasteiger partial charge in [-0.25, -0.2) is 13.5 Å². The van der Waals surface area contributed by atoms with E-state index in [0.717, 1.165) is 5.56 Å². The summed E-state index contributed by atoms with van der Waals surface area (Å²) in [6, 6.07) is 3.62. The van der Waals surface area contributed by atoms with E-state index in [0.29, 0.717) is 5.06 Å². The lowest BCUT2D eigenvalue weighted by Gasteiger charge is -2.24. The number of rotatable bonds is 7. The van der Waals surface area contributed by atoms with Gasteiger partial charge < -0.3 is 5.11 Å². The van der Waals surface area contributed by atoms with Crippen molar-refractivity contribution in [2.75, 3.05) is 0 Å². The maximum absolute atomic E-state index is 12.3. The number of hydrogen-bond acceptors (Lipinski definition) is 5. The van der Waals surface area contributed by atoms with Crippen LogP contribution in [-0.2, 0) is 19.6 Å². The number of hydrogen-bond donors (Lipinski definition) is 3. The van der Waals surface area contributed by atoms with Crippen molar-refractivity contribution in [2.45, 2.75) is 44.2 Å². The molecule has 3 N–H and O–H groups in total. The van der Waals surface area contributed by atoms with Crippen molar-refractivity contribution in [1.29, 1.82) is 0 Å². The molecule has 0 radical (unpaired) electrons. The molecule has 0 saturated carbocycles. The van der Waals surface area contributed by atoms with Gasteiger partial charge in [0.15, 0.2) is 0 Å². The number of nitrogens with one attached hydrogen (secondary N) is 1. The van der Waals surface area contributed by atoms with Crippen molar-refractivity contribution in [3.8, 4) is 0 Å².